The number of nitrogens with one attached hydrogen (secondary N) is 1. The zero-order valence-corrected chi connectivity index (χ0v) is 12.8. The van der Waals surface area contributed by atoms with Gasteiger partial charge in [-0.3, -0.25) is 9.38 Å². The Bertz CT molecular complexity index is 785. The highest BCUT2D eigenvalue weighted by Crippen LogP contribution is 2.32. The van der Waals surface area contributed by atoms with Gasteiger partial charge >= 0.3 is 0 Å². The summed E-state index contributed by atoms with van der Waals surface area (Å²) in [5.74, 6) is 1.10. The van der Waals surface area contributed by atoms with Crippen molar-refractivity contribution in [2.75, 3.05) is 5.32 Å². The summed E-state index contributed by atoms with van der Waals surface area (Å²) >= 11 is 0. The predicted molar refractivity (Wildman–Crippen MR) is 89.0 cm³/mol. The van der Waals surface area contributed by atoms with Gasteiger partial charge in [0, 0.05) is 29.7 Å². The van der Waals surface area contributed by atoms with E-state index in [1.54, 1.807) is 6.20 Å². The standard InChI is InChI=1S/C18H20N4/c1-13-6-4-10-16-21-17(14-7-5-11-19-12-14)18(22(13)16)20-15-8-2-3-9-15/h4-7,10-12,15,20H,2-3,8-9H2,1H3. The van der Waals surface area contributed by atoms with Crippen LogP contribution in [-0.2, 0) is 0 Å². The first-order valence-corrected chi connectivity index (χ1v) is 7.98. The lowest BCUT2D eigenvalue weighted by molar-refractivity contribution is 0.748. The minimum absolute atomic E-state index is 0.551. The second-order valence-corrected chi connectivity index (χ2v) is 6.04. The normalized spacial score (nSPS) is 15.5. The molecule has 0 atom stereocenters. The number of hydrogen-bond donors (Lipinski definition) is 1. The maximum absolute atomic E-state index is 4.85. The third kappa shape index (κ3) is 2.25. The molecular formula is C18H20N4. The number of fused-ring (bicyclic) bond motifs is 1. The molecule has 0 aromatic carbocycles. The van der Waals surface area contributed by atoms with Gasteiger partial charge < -0.3 is 5.32 Å². The van der Waals surface area contributed by atoms with Gasteiger partial charge in [-0.1, -0.05) is 18.9 Å². The van der Waals surface area contributed by atoms with Gasteiger partial charge in [-0.2, -0.15) is 0 Å². The van der Waals surface area contributed by atoms with Gasteiger partial charge in [-0.15, -0.1) is 0 Å². The molecule has 4 heteroatoms. The Morgan fingerprint density at radius 1 is 1.14 bits per heavy atom. The van der Waals surface area contributed by atoms with Gasteiger partial charge in [0.05, 0.1) is 0 Å². The minimum Gasteiger partial charge on any atom is -0.367 e. The van der Waals surface area contributed by atoms with E-state index >= 15 is 0 Å². The van der Waals surface area contributed by atoms with Crippen molar-refractivity contribution in [2.45, 2.75) is 38.6 Å². The van der Waals surface area contributed by atoms with Crippen LogP contribution in [0.15, 0.2) is 42.7 Å². The van der Waals surface area contributed by atoms with Crippen molar-refractivity contribution in [3.05, 3.63) is 48.4 Å². The Kier molecular flexibility index (Phi) is 3.29. The van der Waals surface area contributed by atoms with Crippen LogP contribution in [0.25, 0.3) is 16.9 Å². The minimum atomic E-state index is 0.551. The molecule has 0 unspecified atom stereocenters. The van der Waals surface area contributed by atoms with Gasteiger partial charge in [0.1, 0.15) is 17.2 Å². The Morgan fingerprint density at radius 3 is 2.77 bits per heavy atom. The van der Waals surface area contributed by atoms with Crippen LogP contribution in [-0.4, -0.2) is 20.4 Å². The van der Waals surface area contributed by atoms with Crippen molar-refractivity contribution in [3.63, 3.8) is 0 Å². The van der Waals surface area contributed by atoms with Crippen molar-refractivity contribution in [1.29, 1.82) is 0 Å². The molecule has 1 aliphatic carbocycles. The Labute approximate surface area is 130 Å². The molecule has 3 aromatic rings. The molecule has 0 saturated heterocycles. The van der Waals surface area contributed by atoms with Crippen molar-refractivity contribution < 1.29 is 0 Å². The number of aromatic nitrogens is 3. The largest absolute Gasteiger partial charge is 0.367 e. The van der Waals surface area contributed by atoms with Gasteiger partial charge in [0.15, 0.2) is 0 Å². The van der Waals surface area contributed by atoms with E-state index in [2.05, 4.69) is 45.9 Å². The van der Waals surface area contributed by atoms with Crippen molar-refractivity contribution in [2.24, 2.45) is 0 Å². The second-order valence-electron chi connectivity index (χ2n) is 6.04. The number of anilines is 1. The smallest absolute Gasteiger partial charge is 0.139 e. The molecule has 0 spiro atoms. The molecule has 1 N–H and O–H groups in total. The maximum Gasteiger partial charge on any atom is 0.139 e. The Morgan fingerprint density at radius 2 is 2.00 bits per heavy atom. The van der Waals surface area contributed by atoms with Gasteiger partial charge in [-0.05, 0) is 44.0 Å². The average Bonchev–Trinajstić information content (AvgIpc) is 3.17. The number of rotatable bonds is 3. The number of imidazole rings is 1. The number of nitrogens with zero attached hydrogens (tertiary/aromatic N) is 3. The van der Waals surface area contributed by atoms with Crippen LogP contribution >= 0.6 is 0 Å². The molecule has 1 saturated carbocycles. The van der Waals surface area contributed by atoms with Crippen LogP contribution in [0.2, 0.25) is 0 Å². The molecule has 3 aromatic heterocycles. The van der Waals surface area contributed by atoms with E-state index in [-0.39, 0.29) is 0 Å². The lowest BCUT2D eigenvalue weighted by Crippen LogP contribution is -2.17. The summed E-state index contributed by atoms with van der Waals surface area (Å²) in [4.78, 5) is 9.10. The molecule has 112 valence electrons. The van der Waals surface area contributed by atoms with Crippen molar-refractivity contribution in [3.8, 4) is 11.3 Å². The SMILES string of the molecule is Cc1cccc2nc(-c3cccnc3)c(NC3CCCC3)n12. The Balaban J connectivity index is 1.89. The molecule has 1 fully saturated rings. The molecule has 22 heavy (non-hydrogen) atoms. The third-order valence-electron chi connectivity index (χ3n) is 4.47. The molecule has 4 nitrogen and oxygen atoms in total. The van der Waals surface area contributed by atoms with E-state index < -0.39 is 0 Å². The molecule has 4 rings (SSSR count). The molecule has 3 heterocycles. The van der Waals surface area contributed by atoms with Crippen LogP contribution in [0.5, 0.6) is 0 Å². The highest BCUT2D eigenvalue weighted by molar-refractivity contribution is 5.76. The zero-order chi connectivity index (χ0) is 14.9. The first-order valence-electron chi connectivity index (χ1n) is 7.98. The van der Waals surface area contributed by atoms with E-state index in [0.29, 0.717) is 6.04 Å². The van der Waals surface area contributed by atoms with E-state index in [4.69, 9.17) is 4.98 Å². The van der Waals surface area contributed by atoms with Crippen LogP contribution in [0, 0.1) is 6.92 Å². The fourth-order valence-corrected chi connectivity index (χ4v) is 3.36. The quantitative estimate of drug-likeness (QED) is 0.791. The number of aryl methyl sites for hydroxylation is 1. The topological polar surface area (TPSA) is 42.2 Å². The first-order chi connectivity index (χ1) is 10.8. The predicted octanol–water partition coefficient (Wildman–Crippen LogP) is 4.06. The maximum atomic E-state index is 4.85. The summed E-state index contributed by atoms with van der Waals surface area (Å²) in [7, 11) is 0. The molecule has 0 aliphatic heterocycles. The summed E-state index contributed by atoms with van der Waals surface area (Å²) in [5, 5.41) is 3.74. The van der Waals surface area contributed by atoms with Crippen molar-refractivity contribution >= 4 is 11.5 Å². The lowest BCUT2D eigenvalue weighted by atomic mass is 10.2. The van der Waals surface area contributed by atoms with Crippen LogP contribution < -0.4 is 5.32 Å². The molecule has 0 amide bonds. The van der Waals surface area contributed by atoms with Crippen LogP contribution in [0.4, 0.5) is 5.82 Å². The van der Waals surface area contributed by atoms with E-state index in [0.717, 1.165) is 22.7 Å². The fourth-order valence-electron chi connectivity index (χ4n) is 3.36. The molecule has 0 bridgehead atoms. The Hall–Kier alpha value is -2.36. The zero-order valence-electron chi connectivity index (χ0n) is 12.8. The van der Waals surface area contributed by atoms with Gasteiger partial charge in [0.2, 0.25) is 0 Å². The summed E-state index contributed by atoms with van der Waals surface area (Å²) < 4.78 is 2.22. The number of pyridine rings is 2. The number of hydrogen-bond acceptors (Lipinski definition) is 3. The molecular weight excluding hydrogens is 272 g/mol. The summed E-state index contributed by atoms with van der Waals surface area (Å²) in [5.41, 5.74) is 4.24. The third-order valence-corrected chi connectivity index (χ3v) is 4.47. The molecule has 1 aliphatic rings. The van der Waals surface area contributed by atoms with Crippen molar-refractivity contribution in [1.82, 2.24) is 14.4 Å². The molecule has 0 radical (unpaired) electrons. The lowest BCUT2D eigenvalue weighted by Gasteiger charge is -2.15. The highest BCUT2D eigenvalue weighted by atomic mass is 15.2. The average molecular weight is 292 g/mol. The van der Waals surface area contributed by atoms with E-state index in [9.17, 15) is 0 Å². The summed E-state index contributed by atoms with van der Waals surface area (Å²) in [6, 6.07) is 10.8. The highest BCUT2D eigenvalue weighted by Gasteiger charge is 2.21. The summed E-state index contributed by atoms with van der Waals surface area (Å²) in [6.07, 6.45) is 8.80. The summed E-state index contributed by atoms with van der Waals surface area (Å²) in [6.45, 7) is 2.13. The van der Waals surface area contributed by atoms with E-state index in [1.807, 2.05) is 12.3 Å². The van der Waals surface area contributed by atoms with E-state index in [1.165, 1.54) is 31.4 Å². The monoisotopic (exact) mass is 292 g/mol. The fraction of sp³-hybridized carbons (Fsp3) is 0.333. The van der Waals surface area contributed by atoms with Gasteiger partial charge in [-0.25, -0.2) is 4.98 Å². The van der Waals surface area contributed by atoms with Gasteiger partial charge in [0.25, 0.3) is 0 Å². The van der Waals surface area contributed by atoms with Crippen LogP contribution in [0.1, 0.15) is 31.4 Å². The van der Waals surface area contributed by atoms with Crippen LogP contribution in [0.3, 0.4) is 0 Å². The second kappa shape index (κ2) is 5.44. The first kappa shape index (κ1) is 13.3.